The fraction of sp³-hybridized carbons (Fsp3) is 0.231. The summed E-state index contributed by atoms with van der Waals surface area (Å²) in [5.74, 6) is -0.781. The van der Waals surface area contributed by atoms with E-state index in [0.29, 0.717) is 52.5 Å². The number of likely N-dealkylation sites (N-methyl/N-ethyl adjacent to an activating group) is 1. The van der Waals surface area contributed by atoms with Gasteiger partial charge in [0, 0.05) is 24.3 Å². The molecule has 1 aliphatic rings. The third-order valence-corrected chi connectivity index (χ3v) is 7.86. The molecule has 3 aromatic rings. The van der Waals surface area contributed by atoms with Crippen molar-refractivity contribution in [3.8, 4) is 0 Å². The number of thiophene rings is 1. The molecule has 11 heteroatoms. The van der Waals surface area contributed by atoms with E-state index in [0.717, 1.165) is 4.88 Å². The summed E-state index contributed by atoms with van der Waals surface area (Å²) in [6.45, 7) is 0.904. The standard InChI is InChI=1S/C26H28N4O5S2/c1-29(2)13-14-30(37(4,33)34)19-10-8-18(9-11-19)27-24(22-6-5-15-36-22)23-20-12-7-17(26(32)35-3)16-21(20)28-25(23)31/h5-12,15-16,27H,13-14H2,1-4H3,(H,28,31). The molecule has 1 amide bonds. The number of esters is 1. The van der Waals surface area contributed by atoms with Gasteiger partial charge in [-0.2, -0.15) is 0 Å². The first-order chi connectivity index (χ1) is 17.6. The van der Waals surface area contributed by atoms with Crippen LogP contribution in [0.2, 0.25) is 0 Å². The van der Waals surface area contributed by atoms with E-state index in [4.69, 9.17) is 4.74 Å². The van der Waals surface area contributed by atoms with Crippen LogP contribution in [-0.2, 0) is 19.6 Å². The summed E-state index contributed by atoms with van der Waals surface area (Å²) in [6.07, 6.45) is 1.19. The third-order valence-electron chi connectivity index (χ3n) is 5.78. The molecule has 0 atom stereocenters. The lowest BCUT2D eigenvalue weighted by molar-refractivity contribution is -0.110. The molecule has 0 radical (unpaired) electrons. The van der Waals surface area contributed by atoms with Crippen LogP contribution in [0.4, 0.5) is 17.1 Å². The predicted molar refractivity (Wildman–Crippen MR) is 148 cm³/mol. The second-order valence-electron chi connectivity index (χ2n) is 8.74. The minimum Gasteiger partial charge on any atom is -0.465 e. The summed E-state index contributed by atoms with van der Waals surface area (Å²) in [6, 6.07) is 15.8. The van der Waals surface area contributed by atoms with Crippen molar-refractivity contribution in [1.82, 2.24) is 4.90 Å². The third kappa shape index (κ3) is 5.85. The number of ether oxygens (including phenoxy) is 1. The van der Waals surface area contributed by atoms with Crippen molar-refractivity contribution in [3.63, 3.8) is 0 Å². The Labute approximate surface area is 220 Å². The van der Waals surface area contributed by atoms with E-state index < -0.39 is 16.0 Å². The van der Waals surface area contributed by atoms with Crippen LogP contribution in [0.25, 0.3) is 11.3 Å². The largest absolute Gasteiger partial charge is 0.465 e. The van der Waals surface area contributed by atoms with Crippen LogP contribution in [0.5, 0.6) is 0 Å². The molecule has 2 aromatic carbocycles. The average Bonchev–Trinajstić information content (AvgIpc) is 3.49. The zero-order valence-corrected chi connectivity index (χ0v) is 22.6. The maximum Gasteiger partial charge on any atom is 0.337 e. The zero-order chi connectivity index (χ0) is 26.7. The molecule has 9 nitrogen and oxygen atoms in total. The maximum atomic E-state index is 13.1. The summed E-state index contributed by atoms with van der Waals surface area (Å²) in [5.41, 5.74) is 3.83. The van der Waals surface area contributed by atoms with Crippen LogP contribution in [0.15, 0.2) is 60.0 Å². The van der Waals surface area contributed by atoms with Gasteiger partial charge in [-0.15, -0.1) is 11.3 Å². The van der Waals surface area contributed by atoms with Crippen molar-refractivity contribution >= 4 is 61.6 Å². The Morgan fingerprint density at radius 3 is 2.41 bits per heavy atom. The number of nitrogens with one attached hydrogen (secondary N) is 2. The topological polar surface area (TPSA) is 108 Å². The lowest BCUT2D eigenvalue weighted by Crippen LogP contribution is -2.35. The van der Waals surface area contributed by atoms with E-state index in [1.165, 1.54) is 29.0 Å². The van der Waals surface area contributed by atoms with Crippen molar-refractivity contribution in [1.29, 1.82) is 0 Å². The van der Waals surface area contributed by atoms with E-state index in [9.17, 15) is 18.0 Å². The second-order valence-corrected chi connectivity index (χ2v) is 11.6. The van der Waals surface area contributed by atoms with E-state index in [-0.39, 0.29) is 5.91 Å². The van der Waals surface area contributed by atoms with Crippen molar-refractivity contribution in [3.05, 3.63) is 76.0 Å². The van der Waals surface area contributed by atoms with Gasteiger partial charge in [0.2, 0.25) is 10.0 Å². The van der Waals surface area contributed by atoms with Crippen LogP contribution in [0.3, 0.4) is 0 Å². The highest BCUT2D eigenvalue weighted by atomic mass is 32.2. The Bertz CT molecular complexity index is 1450. The summed E-state index contributed by atoms with van der Waals surface area (Å²) >= 11 is 1.48. The molecule has 0 spiro atoms. The number of carbonyl (C=O) groups is 2. The normalized spacial score (nSPS) is 14.2. The second kappa shape index (κ2) is 10.8. The molecule has 2 heterocycles. The van der Waals surface area contributed by atoms with Gasteiger partial charge in [0.05, 0.1) is 46.5 Å². The number of anilines is 3. The number of methoxy groups -OCH3 is 1. The van der Waals surface area contributed by atoms with Gasteiger partial charge < -0.3 is 20.3 Å². The van der Waals surface area contributed by atoms with Crippen molar-refractivity contribution < 1.29 is 22.7 Å². The Kier molecular flexibility index (Phi) is 7.67. The fourth-order valence-corrected chi connectivity index (χ4v) is 5.62. The summed E-state index contributed by atoms with van der Waals surface area (Å²) in [7, 11) is 1.63. The van der Waals surface area contributed by atoms with Gasteiger partial charge in [-0.3, -0.25) is 9.10 Å². The van der Waals surface area contributed by atoms with Crippen LogP contribution < -0.4 is 14.9 Å². The Hall–Kier alpha value is -3.67. The summed E-state index contributed by atoms with van der Waals surface area (Å²) in [5, 5.41) is 8.12. The first-order valence-corrected chi connectivity index (χ1v) is 14.1. The molecular formula is C26H28N4O5S2. The van der Waals surface area contributed by atoms with Gasteiger partial charge in [-0.1, -0.05) is 12.1 Å². The number of hydrogen-bond donors (Lipinski definition) is 2. The number of fused-ring (bicyclic) bond motifs is 1. The quantitative estimate of drug-likeness (QED) is 0.314. The first kappa shape index (κ1) is 26.4. The monoisotopic (exact) mass is 540 g/mol. The molecule has 0 bridgehead atoms. The number of amides is 1. The lowest BCUT2D eigenvalue weighted by Gasteiger charge is -2.24. The van der Waals surface area contributed by atoms with Gasteiger partial charge in [0.1, 0.15) is 0 Å². The van der Waals surface area contributed by atoms with Crippen molar-refractivity contribution in [2.75, 3.05) is 55.5 Å². The van der Waals surface area contributed by atoms with E-state index in [1.54, 1.807) is 42.5 Å². The van der Waals surface area contributed by atoms with E-state index >= 15 is 0 Å². The molecule has 1 aliphatic heterocycles. The Morgan fingerprint density at radius 2 is 1.81 bits per heavy atom. The Morgan fingerprint density at radius 1 is 1.08 bits per heavy atom. The van der Waals surface area contributed by atoms with Crippen molar-refractivity contribution in [2.45, 2.75) is 0 Å². The van der Waals surface area contributed by atoms with Gasteiger partial charge >= 0.3 is 5.97 Å². The number of carbonyl (C=O) groups excluding carboxylic acids is 2. The van der Waals surface area contributed by atoms with E-state index in [2.05, 4.69) is 10.6 Å². The van der Waals surface area contributed by atoms with Crippen LogP contribution >= 0.6 is 11.3 Å². The number of benzene rings is 2. The number of nitrogens with zero attached hydrogens (tertiary/aromatic N) is 2. The molecule has 0 saturated carbocycles. The first-order valence-electron chi connectivity index (χ1n) is 11.4. The van der Waals surface area contributed by atoms with E-state index in [1.807, 2.05) is 36.5 Å². The van der Waals surface area contributed by atoms with Crippen LogP contribution in [0.1, 0.15) is 20.8 Å². The molecule has 37 heavy (non-hydrogen) atoms. The summed E-state index contributed by atoms with van der Waals surface area (Å²) < 4.78 is 30.9. The molecular weight excluding hydrogens is 512 g/mol. The molecule has 0 fully saturated rings. The molecule has 4 rings (SSSR count). The predicted octanol–water partition coefficient (Wildman–Crippen LogP) is 3.79. The highest BCUT2D eigenvalue weighted by Crippen LogP contribution is 2.39. The van der Waals surface area contributed by atoms with Crippen LogP contribution in [-0.4, -0.2) is 65.7 Å². The highest BCUT2D eigenvalue weighted by molar-refractivity contribution is 7.92. The van der Waals surface area contributed by atoms with Crippen molar-refractivity contribution in [2.24, 2.45) is 0 Å². The van der Waals surface area contributed by atoms with Gasteiger partial charge in [-0.25, -0.2) is 13.2 Å². The zero-order valence-electron chi connectivity index (χ0n) is 20.9. The molecule has 0 saturated heterocycles. The highest BCUT2D eigenvalue weighted by Gasteiger charge is 2.30. The Balaban J connectivity index is 1.71. The molecule has 1 aromatic heterocycles. The molecule has 2 N–H and O–H groups in total. The molecule has 0 aliphatic carbocycles. The van der Waals surface area contributed by atoms with Gasteiger partial charge in [-0.05, 0) is 61.9 Å². The number of hydrogen-bond acceptors (Lipinski definition) is 8. The van der Waals surface area contributed by atoms with Crippen LogP contribution in [0, 0.1) is 0 Å². The number of sulfonamides is 1. The maximum absolute atomic E-state index is 13.1. The average molecular weight is 541 g/mol. The minimum absolute atomic E-state index is 0.295. The fourth-order valence-electron chi connectivity index (χ4n) is 3.97. The smallest absolute Gasteiger partial charge is 0.337 e. The molecule has 194 valence electrons. The summed E-state index contributed by atoms with van der Waals surface area (Å²) in [4.78, 5) is 27.8. The number of rotatable bonds is 9. The molecule has 0 unspecified atom stereocenters. The minimum atomic E-state index is -3.46. The SMILES string of the molecule is COC(=O)c1ccc2c(c1)NC(=O)C2=C(Nc1ccc(N(CCN(C)C)S(C)(=O)=O)cc1)c1cccs1. The van der Waals surface area contributed by atoms with Gasteiger partial charge in [0.25, 0.3) is 5.91 Å². The lowest BCUT2D eigenvalue weighted by atomic mass is 10.0. The van der Waals surface area contributed by atoms with Gasteiger partial charge in [0.15, 0.2) is 0 Å².